The summed E-state index contributed by atoms with van der Waals surface area (Å²) in [5.41, 5.74) is 10.9. The molecule has 0 fully saturated rings. The molecule has 8 N–H and O–H groups in total. The van der Waals surface area contributed by atoms with Gasteiger partial charge in [-0.2, -0.15) is 0 Å². The topological polar surface area (TPSA) is 194 Å². The summed E-state index contributed by atoms with van der Waals surface area (Å²) in [6, 6.07) is -4.11. The number of hydrogen-bond acceptors (Lipinski definition) is 6. The van der Waals surface area contributed by atoms with Gasteiger partial charge >= 0.3 is 5.97 Å². The largest absolute Gasteiger partial charge is 0.480 e. The van der Waals surface area contributed by atoms with Crippen LogP contribution in [0, 0.1) is 17.8 Å². The third-order valence-electron chi connectivity index (χ3n) is 4.81. The quantitative estimate of drug-likeness (QED) is 0.212. The van der Waals surface area contributed by atoms with Crippen molar-refractivity contribution < 1.29 is 29.1 Å². The Morgan fingerprint density at radius 1 is 0.742 bits per heavy atom. The molecule has 0 heterocycles. The normalized spacial score (nSPS) is 15.2. The van der Waals surface area contributed by atoms with Gasteiger partial charge in [-0.1, -0.05) is 41.5 Å². The van der Waals surface area contributed by atoms with E-state index in [1.54, 1.807) is 41.5 Å². The molecule has 0 rings (SSSR count). The van der Waals surface area contributed by atoms with Gasteiger partial charge in [0.2, 0.25) is 23.6 Å². The van der Waals surface area contributed by atoms with E-state index in [-0.39, 0.29) is 30.6 Å². The van der Waals surface area contributed by atoms with Gasteiger partial charge in [0.15, 0.2) is 0 Å². The van der Waals surface area contributed by atoms with Gasteiger partial charge in [0.1, 0.15) is 18.1 Å². The van der Waals surface area contributed by atoms with Crippen molar-refractivity contribution in [1.29, 1.82) is 0 Å². The van der Waals surface area contributed by atoms with Crippen molar-refractivity contribution in [3.8, 4) is 0 Å². The SMILES string of the molecule is CC(C)C(N)C(=O)NC(C(=O)NC(C(=O)NC(CCC(N)=O)C(=O)O)C(C)C)C(C)C. The van der Waals surface area contributed by atoms with Crippen molar-refractivity contribution in [3.05, 3.63) is 0 Å². The predicted octanol–water partition coefficient (Wildman–Crippen LogP) is -0.914. The van der Waals surface area contributed by atoms with Crippen LogP contribution >= 0.6 is 0 Å². The number of hydrogen-bond donors (Lipinski definition) is 6. The van der Waals surface area contributed by atoms with E-state index in [2.05, 4.69) is 16.0 Å². The lowest BCUT2D eigenvalue weighted by atomic mass is 9.98. The lowest BCUT2D eigenvalue weighted by Gasteiger charge is -2.29. The average molecular weight is 444 g/mol. The predicted molar refractivity (Wildman–Crippen MR) is 114 cm³/mol. The number of carbonyl (C=O) groups is 5. The van der Waals surface area contributed by atoms with Gasteiger partial charge in [0.25, 0.3) is 0 Å². The molecule has 0 aliphatic heterocycles. The van der Waals surface area contributed by atoms with E-state index >= 15 is 0 Å². The number of aliphatic carboxylic acids is 1. The minimum Gasteiger partial charge on any atom is -0.480 e. The summed E-state index contributed by atoms with van der Waals surface area (Å²) in [6.07, 6.45) is -0.388. The highest BCUT2D eigenvalue weighted by molar-refractivity contribution is 5.94. The number of carboxylic acid groups (broad SMARTS) is 1. The van der Waals surface area contributed by atoms with Crippen LogP contribution in [-0.4, -0.2) is 58.9 Å². The number of carbonyl (C=O) groups excluding carboxylic acids is 4. The van der Waals surface area contributed by atoms with Crippen molar-refractivity contribution in [3.63, 3.8) is 0 Å². The number of nitrogens with two attached hydrogens (primary N) is 2. The maximum absolute atomic E-state index is 12.8. The number of carboxylic acids is 1. The molecular weight excluding hydrogens is 406 g/mol. The van der Waals surface area contributed by atoms with Crippen molar-refractivity contribution in [2.45, 2.75) is 78.6 Å². The first kappa shape index (κ1) is 28.3. The molecule has 4 amide bonds. The minimum absolute atomic E-state index is 0.126. The van der Waals surface area contributed by atoms with E-state index < -0.39 is 53.8 Å². The zero-order chi connectivity index (χ0) is 24.5. The van der Waals surface area contributed by atoms with Gasteiger partial charge in [0.05, 0.1) is 6.04 Å². The molecule has 0 radical (unpaired) electrons. The van der Waals surface area contributed by atoms with Crippen molar-refractivity contribution in [2.75, 3.05) is 0 Å². The van der Waals surface area contributed by atoms with Gasteiger partial charge < -0.3 is 32.5 Å². The Labute approximate surface area is 183 Å². The molecule has 0 aromatic rings. The standard InChI is InChI=1S/C20H37N5O6/c1-9(2)14(22)17(27)24-16(11(5)6)19(29)25-15(10(3)4)18(28)23-12(20(30)31)7-8-13(21)26/h9-12,14-16H,7-8,22H2,1-6H3,(H2,21,26)(H,23,28)(H,24,27)(H,25,29)(H,30,31). The Hall–Kier alpha value is -2.69. The summed E-state index contributed by atoms with van der Waals surface area (Å²) in [6.45, 7) is 10.4. The Kier molecular flexibility index (Phi) is 11.8. The molecule has 0 aliphatic carbocycles. The van der Waals surface area contributed by atoms with Crippen molar-refractivity contribution in [2.24, 2.45) is 29.2 Å². The van der Waals surface area contributed by atoms with Gasteiger partial charge in [-0.15, -0.1) is 0 Å². The molecule has 0 bridgehead atoms. The lowest BCUT2D eigenvalue weighted by molar-refractivity contribution is -0.143. The van der Waals surface area contributed by atoms with Crippen LogP contribution in [0.25, 0.3) is 0 Å². The minimum atomic E-state index is -1.33. The van der Waals surface area contributed by atoms with E-state index in [0.717, 1.165) is 0 Å². The Morgan fingerprint density at radius 3 is 1.52 bits per heavy atom. The Bertz CT molecular complexity index is 664. The maximum atomic E-state index is 12.8. The molecule has 4 unspecified atom stereocenters. The summed E-state index contributed by atoms with van der Waals surface area (Å²) >= 11 is 0. The fourth-order valence-corrected chi connectivity index (χ4v) is 2.67. The second kappa shape index (κ2) is 12.9. The highest BCUT2D eigenvalue weighted by Crippen LogP contribution is 2.09. The number of rotatable bonds is 13. The fourth-order valence-electron chi connectivity index (χ4n) is 2.67. The van der Waals surface area contributed by atoms with Crippen LogP contribution in [0.3, 0.4) is 0 Å². The third kappa shape index (κ3) is 9.77. The maximum Gasteiger partial charge on any atom is 0.326 e. The molecule has 4 atom stereocenters. The summed E-state index contributed by atoms with van der Waals surface area (Å²) in [4.78, 5) is 60.1. The first-order chi connectivity index (χ1) is 14.2. The average Bonchev–Trinajstić information content (AvgIpc) is 2.64. The second-order valence-electron chi connectivity index (χ2n) is 8.63. The third-order valence-corrected chi connectivity index (χ3v) is 4.81. The molecule has 0 aromatic heterocycles. The van der Waals surface area contributed by atoms with E-state index in [0.29, 0.717) is 0 Å². The summed E-state index contributed by atoms with van der Waals surface area (Å²) < 4.78 is 0. The highest BCUT2D eigenvalue weighted by atomic mass is 16.4. The van der Waals surface area contributed by atoms with Crippen molar-refractivity contribution in [1.82, 2.24) is 16.0 Å². The van der Waals surface area contributed by atoms with Crippen LogP contribution in [0.15, 0.2) is 0 Å². The second-order valence-corrected chi connectivity index (χ2v) is 8.63. The van der Waals surface area contributed by atoms with Crippen LogP contribution < -0.4 is 27.4 Å². The summed E-state index contributed by atoms with van der Waals surface area (Å²) in [5, 5.41) is 16.8. The van der Waals surface area contributed by atoms with Gasteiger partial charge in [-0.3, -0.25) is 19.2 Å². The summed E-state index contributed by atoms with van der Waals surface area (Å²) in [5.74, 6) is -4.59. The van der Waals surface area contributed by atoms with E-state index in [9.17, 15) is 29.1 Å². The van der Waals surface area contributed by atoms with Crippen LogP contribution in [0.2, 0.25) is 0 Å². The lowest BCUT2D eigenvalue weighted by Crippen LogP contribution is -2.60. The first-order valence-corrected chi connectivity index (χ1v) is 10.4. The molecule has 0 spiro atoms. The molecule has 0 saturated heterocycles. The number of nitrogens with one attached hydrogen (secondary N) is 3. The Balaban J connectivity index is 5.36. The van der Waals surface area contributed by atoms with Gasteiger partial charge in [-0.25, -0.2) is 4.79 Å². The molecule has 0 saturated carbocycles. The van der Waals surface area contributed by atoms with E-state index in [1.165, 1.54) is 0 Å². The fraction of sp³-hybridized carbons (Fsp3) is 0.750. The summed E-state index contributed by atoms with van der Waals surface area (Å²) in [7, 11) is 0. The smallest absolute Gasteiger partial charge is 0.326 e. The molecule has 0 aliphatic rings. The van der Waals surface area contributed by atoms with Gasteiger partial charge in [-0.05, 0) is 24.2 Å². The Morgan fingerprint density at radius 2 is 1.16 bits per heavy atom. The van der Waals surface area contributed by atoms with E-state index in [1.807, 2.05) is 0 Å². The van der Waals surface area contributed by atoms with Crippen LogP contribution in [0.5, 0.6) is 0 Å². The number of primary amides is 1. The first-order valence-electron chi connectivity index (χ1n) is 10.4. The molecular formula is C20H37N5O6. The zero-order valence-electron chi connectivity index (χ0n) is 19.1. The van der Waals surface area contributed by atoms with E-state index in [4.69, 9.17) is 11.5 Å². The zero-order valence-corrected chi connectivity index (χ0v) is 19.1. The molecule has 0 aromatic carbocycles. The molecule has 31 heavy (non-hydrogen) atoms. The monoisotopic (exact) mass is 443 g/mol. The van der Waals surface area contributed by atoms with Crippen LogP contribution in [0.4, 0.5) is 0 Å². The van der Waals surface area contributed by atoms with Gasteiger partial charge in [0, 0.05) is 6.42 Å². The number of amides is 4. The van der Waals surface area contributed by atoms with Crippen molar-refractivity contribution >= 4 is 29.6 Å². The van der Waals surface area contributed by atoms with Crippen LogP contribution in [0.1, 0.15) is 54.4 Å². The highest BCUT2D eigenvalue weighted by Gasteiger charge is 2.33. The molecule has 178 valence electrons. The molecule has 11 nitrogen and oxygen atoms in total. The molecule has 11 heteroatoms. The van der Waals surface area contributed by atoms with Crippen LogP contribution in [-0.2, 0) is 24.0 Å².